The van der Waals surface area contributed by atoms with Gasteiger partial charge in [-0.3, -0.25) is 0 Å². The van der Waals surface area contributed by atoms with Crippen LogP contribution in [0, 0.1) is 0 Å². The van der Waals surface area contributed by atoms with Gasteiger partial charge in [0.1, 0.15) is 5.82 Å². The van der Waals surface area contributed by atoms with E-state index in [9.17, 15) is 4.79 Å². The molecule has 27 heavy (non-hydrogen) atoms. The van der Waals surface area contributed by atoms with Crippen molar-refractivity contribution in [2.45, 2.75) is 18.8 Å². The summed E-state index contributed by atoms with van der Waals surface area (Å²) in [5.41, 5.74) is 5.22. The molecule has 2 aromatic carbocycles. The fraction of sp³-hybridized carbons (Fsp3) is 0.273. The number of aromatic nitrogens is 2. The molecule has 3 aromatic rings. The van der Waals surface area contributed by atoms with Crippen LogP contribution in [0.4, 0.5) is 0 Å². The maximum atomic E-state index is 10.7. The van der Waals surface area contributed by atoms with Crippen LogP contribution in [0.25, 0.3) is 28.5 Å². The minimum Gasteiger partial charge on any atom is -0.478 e. The third kappa shape index (κ3) is 3.64. The highest BCUT2D eigenvalue weighted by molar-refractivity contribution is 5.87. The van der Waals surface area contributed by atoms with Crippen LogP contribution in [0.1, 0.15) is 29.9 Å². The smallest absolute Gasteiger partial charge is 0.328 e. The van der Waals surface area contributed by atoms with Crippen molar-refractivity contribution in [1.82, 2.24) is 14.9 Å². The van der Waals surface area contributed by atoms with Crippen LogP contribution in [0.15, 0.2) is 48.5 Å². The van der Waals surface area contributed by atoms with Crippen LogP contribution >= 0.6 is 0 Å². The molecular weight excluding hydrogens is 338 g/mol. The van der Waals surface area contributed by atoms with E-state index >= 15 is 0 Å². The lowest BCUT2D eigenvalue weighted by molar-refractivity contribution is -0.131. The number of hydrogen-bond acceptors (Lipinski definition) is 3. The van der Waals surface area contributed by atoms with Crippen molar-refractivity contribution in [3.63, 3.8) is 0 Å². The third-order valence-corrected chi connectivity index (χ3v) is 5.30. The zero-order valence-corrected chi connectivity index (χ0v) is 15.4. The standard InChI is InChI=1S/C22H23N3O2/c1-25-20-8-2-15(3-9-21(26)27)14-19(20)24-22(25)18-6-4-16(5-7-18)17-10-12-23-13-11-17/h2-9,14,17,23H,10-13H2,1H3,(H,26,27). The zero-order valence-electron chi connectivity index (χ0n) is 15.4. The number of carbonyl (C=O) groups is 1. The van der Waals surface area contributed by atoms with E-state index in [0.717, 1.165) is 47.2 Å². The molecule has 0 atom stereocenters. The minimum absolute atomic E-state index is 0.643. The number of carboxylic acid groups (broad SMARTS) is 1. The van der Waals surface area contributed by atoms with Gasteiger partial charge in [-0.2, -0.15) is 0 Å². The van der Waals surface area contributed by atoms with Gasteiger partial charge in [0, 0.05) is 18.7 Å². The number of hydrogen-bond donors (Lipinski definition) is 2. The Morgan fingerprint density at radius 2 is 1.93 bits per heavy atom. The first kappa shape index (κ1) is 17.5. The van der Waals surface area contributed by atoms with Crippen molar-refractivity contribution in [2.75, 3.05) is 13.1 Å². The summed E-state index contributed by atoms with van der Waals surface area (Å²) >= 11 is 0. The number of aliphatic carboxylic acids is 1. The molecule has 0 saturated carbocycles. The molecule has 0 bridgehead atoms. The number of piperidine rings is 1. The fourth-order valence-corrected chi connectivity index (χ4v) is 3.81. The van der Waals surface area contributed by atoms with Gasteiger partial charge in [0.15, 0.2) is 0 Å². The molecular formula is C22H23N3O2. The molecule has 0 spiro atoms. The zero-order chi connectivity index (χ0) is 18.8. The van der Waals surface area contributed by atoms with Gasteiger partial charge in [-0.05, 0) is 61.2 Å². The molecule has 5 heteroatoms. The molecule has 1 saturated heterocycles. The fourth-order valence-electron chi connectivity index (χ4n) is 3.81. The average Bonchev–Trinajstić information content (AvgIpc) is 3.03. The highest BCUT2D eigenvalue weighted by Crippen LogP contribution is 2.29. The van der Waals surface area contributed by atoms with Crippen LogP contribution in [-0.2, 0) is 11.8 Å². The van der Waals surface area contributed by atoms with Gasteiger partial charge in [0.2, 0.25) is 0 Å². The largest absolute Gasteiger partial charge is 0.478 e. The van der Waals surface area contributed by atoms with Crippen molar-refractivity contribution in [1.29, 1.82) is 0 Å². The molecule has 0 amide bonds. The van der Waals surface area contributed by atoms with Gasteiger partial charge < -0.3 is 15.0 Å². The Balaban J connectivity index is 1.64. The lowest BCUT2D eigenvalue weighted by Crippen LogP contribution is -2.26. The highest BCUT2D eigenvalue weighted by atomic mass is 16.4. The molecule has 1 aromatic heterocycles. The second-order valence-electron chi connectivity index (χ2n) is 7.06. The number of nitrogens with zero attached hydrogens (tertiary/aromatic N) is 2. The Labute approximate surface area is 158 Å². The number of rotatable bonds is 4. The first-order valence-electron chi connectivity index (χ1n) is 9.30. The number of benzene rings is 2. The maximum absolute atomic E-state index is 10.7. The van der Waals surface area contributed by atoms with E-state index in [1.54, 1.807) is 6.08 Å². The van der Waals surface area contributed by atoms with E-state index in [2.05, 4.69) is 34.1 Å². The number of carboxylic acids is 1. The number of fused-ring (bicyclic) bond motifs is 1. The summed E-state index contributed by atoms with van der Waals surface area (Å²) in [5, 5.41) is 12.2. The Morgan fingerprint density at radius 1 is 1.19 bits per heavy atom. The minimum atomic E-state index is -0.953. The summed E-state index contributed by atoms with van der Waals surface area (Å²) in [5.74, 6) is 0.608. The van der Waals surface area contributed by atoms with Gasteiger partial charge in [-0.1, -0.05) is 30.3 Å². The third-order valence-electron chi connectivity index (χ3n) is 5.30. The molecule has 1 aliphatic rings. The molecule has 2 N–H and O–H groups in total. The molecule has 4 rings (SSSR count). The summed E-state index contributed by atoms with van der Waals surface area (Å²) in [4.78, 5) is 15.5. The van der Waals surface area contributed by atoms with Crippen LogP contribution < -0.4 is 5.32 Å². The van der Waals surface area contributed by atoms with Gasteiger partial charge in [0.25, 0.3) is 0 Å². The maximum Gasteiger partial charge on any atom is 0.328 e. The second kappa shape index (κ2) is 7.37. The van der Waals surface area contributed by atoms with Crippen LogP contribution in [0.2, 0.25) is 0 Å². The first-order valence-corrected chi connectivity index (χ1v) is 9.30. The van der Waals surface area contributed by atoms with Crippen molar-refractivity contribution in [3.8, 4) is 11.4 Å². The predicted molar refractivity (Wildman–Crippen MR) is 108 cm³/mol. The van der Waals surface area contributed by atoms with Crippen molar-refractivity contribution >= 4 is 23.1 Å². The Morgan fingerprint density at radius 3 is 2.63 bits per heavy atom. The lowest BCUT2D eigenvalue weighted by Gasteiger charge is -2.23. The predicted octanol–water partition coefficient (Wildman–Crippen LogP) is 3.81. The lowest BCUT2D eigenvalue weighted by atomic mass is 9.90. The highest BCUT2D eigenvalue weighted by Gasteiger charge is 2.16. The summed E-state index contributed by atoms with van der Waals surface area (Å²) in [6, 6.07) is 14.6. The summed E-state index contributed by atoms with van der Waals surface area (Å²) in [6.07, 6.45) is 5.12. The Kier molecular flexibility index (Phi) is 4.77. The molecule has 5 nitrogen and oxygen atoms in total. The van der Waals surface area contributed by atoms with Gasteiger partial charge in [0.05, 0.1) is 11.0 Å². The average molecular weight is 361 g/mol. The summed E-state index contributed by atoms with van der Waals surface area (Å²) in [7, 11) is 2.01. The molecule has 138 valence electrons. The molecule has 1 fully saturated rings. The van der Waals surface area contributed by atoms with Gasteiger partial charge in [-0.25, -0.2) is 9.78 Å². The van der Waals surface area contributed by atoms with Crippen molar-refractivity contribution in [2.24, 2.45) is 7.05 Å². The van der Waals surface area contributed by atoms with Gasteiger partial charge >= 0.3 is 5.97 Å². The first-order chi connectivity index (χ1) is 13.1. The number of nitrogens with one attached hydrogen (secondary N) is 1. The van der Waals surface area contributed by atoms with Gasteiger partial charge in [-0.15, -0.1) is 0 Å². The van der Waals surface area contributed by atoms with E-state index in [0.29, 0.717) is 5.92 Å². The van der Waals surface area contributed by atoms with E-state index < -0.39 is 5.97 Å². The molecule has 0 unspecified atom stereocenters. The van der Waals surface area contributed by atoms with E-state index in [-0.39, 0.29) is 0 Å². The normalized spacial score (nSPS) is 15.6. The van der Waals surface area contributed by atoms with E-state index in [1.807, 2.05) is 25.2 Å². The molecule has 0 aliphatic carbocycles. The molecule has 2 heterocycles. The van der Waals surface area contributed by atoms with E-state index in [4.69, 9.17) is 10.1 Å². The van der Waals surface area contributed by atoms with Crippen LogP contribution in [-0.4, -0.2) is 33.7 Å². The summed E-state index contributed by atoms with van der Waals surface area (Å²) < 4.78 is 2.08. The number of aryl methyl sites for hydroxylation is 1. The second-order valence-corrected chi connectivity index (χ2v) is 7.06. The van der Waals surface area contributed by atoms with Crippen LogP contribution in [0.5, 0.6) is 0 Å². The topological polar surface area (TPSA) is 67.2 Å². The molecule has 1 aliphatic heterocycles. The quantitative estimate of drug-likeness (QED) is 0.694. The monoisotopic (exact) mass is 361 g/mol. The Bertz CT molecular complexity index is 996. The van der Waals surface area contributed by atoms with Crippen molar-refractivity contribution < 1.29 is 9.90 Å². The molecule has 0 radical (unpaired) electrons. The SMILES string of the molecule is Cn1c(-c2ccc(C3CCNCC3)cc2)nc2cc(C=CC(=O)O)ccc21. The van der Waals surface area contributed by atoms with Crippen molar-refractivity contribution in [3.05, 3.63) is 59.7 Å². The van der Waals surface area contributed by atoms with Crippen LogP contribution in [0.3, 0.4) is 0 Å². The summed E-state index contributed by atoms with van der Waals surface area (Å²) in [6.45, 7) is 2.19. The van der Waals surface area contributed by atoms with E-state index in [1.165, 1.54) is 18.4 Å². The number of imidazole rings is 1. The Hall–Kier alpha value is -2.92.